The third-order valence-corrected chi connectivity index (χ3v) is 1.46. The van der Waals surface area contributed by atoms with Crippen molar-refractivity contribution in [3.05, 3.63) is 28.3 Å². The Morgan fingerprint density at radius 3 is 2.92 bits per heavy atom. The molecule has 0 aliphatic carbocycles. The first-order chi connectivity index (χ1) is 5.77. The summed E-state index contributed by atoms with van der Waals surface area (Å²) in [5.74, 6) is 0.805. The molecule has 2 N–H and O–H groups in total. The molecule has 0 bridgehead atoms. The number of hydrogen-bond acceptors (Lipinski definition) is 4. The molecule has 0 saturated carbocycles. The van der Waals surface area contributed by atoms with Crippen LogP contribution < -0.4 is 15.9 Å². The van der Waals surface area contributed by atoms with Crippen molar-refractivity contribution in [3.8, 4) is 5.75 Å². The van der Waals surface area contributed by atoms with E-state index in [1.165, 1.54) is 19.4 Å². The molecule has 0 atom stereocenters. The van der Waals surface area contributed by atoms with Gasteiger partial charge in [0.15, 0.2) is 0 Å². The van der Waals surface area contributed by atoms with Crippen molar-refractivity contribution in [2.24, 2.45) is 5.73 Å². The largest absolute Gasteiger partial charge is 0.490 e. The van der Waals surface area contributed by atoms with Gasteiger partial charge in [0, 0.05) is 12.5 Å². The van der Waals surface area contributed by atoms with E-state index in [-0.39, 0.29) is 11.2 Å². The minimum absolute atomic E-state index is 0.174. The SMILES string of the molecule is COc1coc(CCN)cc1=O. The lowest BCUT2D eigenvalue weighted by atomic mass is 10.3. The van der Waals surface area contributed by atoms with Gasteiger partial charge in [-0.25, -0.2) is 0 Å². The van der Waals surface area contributed by atoms with Crippen LogP contribution in [0.5, 0.6) is 5.75 Å². The van der Waals surface area contributed by atoms with Crippen LogP contribution in [0, 0.1) is 0 Å². The highest BCUT2D eigenvalue weighted by Gasteiger charge is 2.01. The van der Waals surface area contributed by atoms with Gasteiger partial charge in [-0.15, -0.1) is 0 Å². The van der Waals surface area contributed by atoms with Crippen LogP contribution in [0.3, 0.4) is 0 Å². The smallest absolute Gasteiger partial charge is 0.226 e. The lowest BCUT2D eigenvalue weighted by Gasteiger charge is -1.99. The van der Waals surface area contributed by atoms with E-state index in [4.69, 9.17) is 14.9 Å². The monoisotopic (exact) mass is 169 g/mol. The van der Waals surface area contributed by atoms with Gasteiger partial charge in [0.1, 0.15) is 12.0 Å². The number of methoxy groups -OCH3 is 1. The second-order valence-corrected chi connectivity index (χ2v) is 2.32. The molecule has 0 aliphatic heterocycles. The molecule has 4 heteroatoms. The van der Waals surface area contributed by atoms with E-state index in [1.54, 1.807) is 0 Å². The molecule has 0 radical (unpaired) electrons. The zero-order valence-corrected chi connectivity index (χ0v) is 6.87. The molecule has 0 spiro atoms. The Bertz CT molecular complexity index is 305. The van der Waals surface area contributed by atoms with Gasteiger partial charge in [0.2, 0.25) is 11.2 Å². The minimum atomic E-state index is -0.174. The third kappa shape index (κ3) is 1.85. The normalized spacial score (nSPS) is 9.83. The van der Waals surface area contributed by atoms with Crippen molar-refractivity contribution in [1.82, 2.24) is 0 Å². The second kappa shape index (κ2) is 3.92. The first kappa shape index (κ1) is 8.80. The van der Waals surface area contributed by atoms with Crippen molar-refractivity contribution in [1.29, 1.82) is 0 Å². The predicted octanol–water partition coefficient (Wildman–Crippen LogP) is 0.150. The first-order valence-electron chi connectivity index (χ1n) is 3.63. The Balaban J connectivity index is 2.94. The van der Waals surface area contributed by atoms with E-state index in [9.17, 15) is 4.79 Å². The van der Waals surface area contributed by atoms with E-state index in [1.807, 2.05) is 0 Å². The zero-order valence-electron chi connectivity index (χ0n) is 6.87. The Hall–Kier alpha value is -1.29. The summed E-state index contributed by atoms with van der Waals surface area (Å²) in [6, 6.07) is 1.39. The molecule has 0 amide bonds. The molecule has 66 valence electrons. The van der Waals surface area contributed by atoms with E-state index in [0.29, 0.717) is 18.7 Å². The van der Waals surface area contributed by atoms with E-state index in [0.717, 1.165) is 0 Å². The number of hydrogen-bond donors (Lipinski definition) is 1. The van der Waals surface area contributed by atoms with Crippen LogP contribution in [-0.2, 0) is 6.42 Å². The van der Waals surface area contributed by atoms with Gasteiger partial charge in [-0.1, -0.05) is 0 Å². The fourth-order valence-electron chi connectivity index (χ4n) is 0.861. The van der Waals surface area contributed by atoms with Gasteiger partial charge < -0.3 is 14.9 Å². The molecule has 1 aromatic rings. The number of rotatable bonds is 3. The molecule has 0 aromatic carbocycles. The Kier molecular flexibility index (Phi) is 2.88. The summed E-state index contributed by atoms with van der Waals surface area (Å²) in [7, 11) is 1.43. The Labute approximate surface area is 69.9 Å². The highest BCUT2D eigenvalue weighted by molar-refractivity contribution is 5.17. The maximum atomic E-state index is 11.1. The molecular weight excluding hydrogens is 158 g/mol. The highest BCUT2D eigenvalue weighted by Crippen LogP contribution is 2.04. The molecule has 1 rings (SSSR count). The van der Waals surface area contributed by atoms with Crippen LogP contribution in [0.2, 0.25) is 0 Å². The minimum Gasteiger partial charge on any atom is -0.490 e. The molecule has 0 saturated heterocycles. The lowest BCUT2D eigenvalue weighted by molar-refractivity contribution is 0.379. The van der Waals surface area contributed by atoms with E-state index >= 15 is 0 Å². The molecule has 1 heterocycles. The average Bonchev–Trinajstić information content (AvgIpc) is 2.05. The summed E-state index contributed by atoms with van der Waals surface area (Å²) in [5.41, 5.74) is 5.11. The quantitative estimate of drug-likeness (QED) is 0.699. The summed E-state index contributed by atoms with van der Waals surface area (Å²) < 4.78 is 9.81. The van der Waals surface area contributed by atoms with E-state index in [2.05, 4.69) is 0 Å². The molecule has 0 aliphatic rings. The molecule has 12 heavy (non-hydrogen) atoms. The molecule has 4 nitrogen and oxygen atoms in total. The van der Waals surface area contributed by atoms with Crippen LogP contribution in [0.25, 0.3) is 0 Å². The summed E-state index contributed by atoms with van der Waals surface area (Å²) in [6.07, 6.45) is 1.87. The van der Waals surface area contributed by atoms with Crippen molar-refractivity contribution < 1.29 is 9.15 Å². The van der Waals surface area contributed by atoms with Crippen molar-refractivity contribution in [2.75, 3.05) is 13.7 Å². The summed E-state index contributed by atoms with van der Waals surface area (Å²) in [4.78, 5) is 11.1. The van der Waals surface area contributed by atoms with Gasteiger partial charge >= 0.3 is 0 Å². The summed E-state index contributed by atoms with van der Waals surface area (Å²) >= 11 is 0. The highest BCUT2D eigenvalue weighted by atomic mass is 16.5. The van der Waals surface area contributed by atoms with Crippen molar-refractivity contribution in [3.63, 3.8) is 0 Å². The van der Waals surface area contributed by atoms with Crippen molar-refractivity contribution >= 4 is 0 Å². The fourth-order valence-corrected chi connectivity index (χ4v) is 0.861. The van der Waals surface area contributed by atoms with Crippen LogP contribution in [0.4, 0.5) is 0 Å². The topological polar surface area (TPSA) is 65.5 Å². The molecule has 0 unspecified atom stereocenters. The van der Waals surface area contributed by atoms with Gasteiger partial charge in [0.25, 0.3) is 0 Å². The molecular formula is C8H11NO3. The molecule has 1 aromatic heterocycles. The van der Waals surface area contributed by atoms with Crippen LogP contribution in [0.15, 0.2) is 21.5 Å². The van der Waals surface area contributed by atoms with Crippen LogP contribution in [-0.4, -0.2) is 13.7 Å². The predicted molar refractivity (Wildman–Crippen MR) is 44.3 cm³/mol. The van der Waals surface area contributed by atoms with E-state index < -0.39 is 0 Å². The third-order valence-electron chi connectivity index (χ3n) is 1.46. The second-order valence-electron chi connectivity index (χ2n) is 2.32. The first-order valence-corrected chi connectivity index (χ1v) is 3.63. The Morgan fingerprint density at radius 2 is 2.42 bits per heavy atom. The average molecular weight is 169 g/mol. The lowest BCUT2D eigenvalue weighted by Crippen LogP contribution is -2.08. The maximum Gasteiger partial charge on any atom is 0.226 e. The van der Waals surface area contributed by atoms with Crippen LogP contribution in [0.1, 0.15) is 5.76 Å². The fraction of sp³-hybridized carbons (Fsp3) is 0.375. The van der Waals surface area contributed by atoms with Gasteiger partial charge in [-0.3, -0.25) is 4.79 Å². The zero-order chi connectivity index (χ0) is 8.97. The van der Waals surface area contributed by atoms with Gasteiger partial charge in [-0.05, 0) is 6.54 Å². The summed E-state index contributed by atoms with van der Waals surface area (Å²) in [6.45, 7) is 0.468. The Morgan fingerprint density at radius 1 is 1.67 bits per heavy atom. The number of ether oxygens (including phenoxy) is 1. The standard InChI is InChI=1S/C8H11NO3/c1-11-8-5-12-6(2-3-9)4-7(8)10/h4-5H,2-3,9H2,1H3. The maximum absolute atomic E-state index is 11.1. The molecule has 0 fully saturated rings. The summed E-state index contributed by atoms with van der Waals surface area (Å²) in [5, 5.41) is 0. The van der Waals surface area contributed by atoms with Crippen molar-refractivity contribution in [2.45, 2.75) is 6.42 Å². The number of nitrogens with two attached hydrogens (primary N) is 1. The van der Waals surface area contributed by atoms with Crippen LogP contribution >= 0.6 is 0 Å². The van der Waals surface area contributed by atoms with Gasteiger partial charge in [0.05, 0.1) is 7.11 Å². The van der Waals surface area contributed by atoms with Gasteiger partial charge in [-0.2, -0.15) is 0 Å².